The van der Waals surface area contributed by atoms with Crippen molar-refractivity contribution >= 4 is 11.9 Å². The van der Waals surface area contributed by atoms with Gasteiger partial charge in [0.05, 0.1) is 6.61 Å². The summed E-state index contributed by atoms with van der Waals surface area (Å²) >= 11 is 0. The Morgan fingerprint density at radius 1 is 1.29 bits per heavy atom. The summed E-state index contributed by atoms with van der Waals surface area (Å²) in [6, 6.07) is 0. The molecule has 1 N–H and O–H groups in total. The first-order chi connectivity index (χ1) is 7.93. The standard InChI is InChI=1S/C13H23NO3/c1-10(2)9-12(15)14-7-5-6-8-17-13(16)11(3)4/h10H,3,5-9H2,1-2,4H3,(H,14,15). The number of amides is 1. The van der Waals surface area contributed by atoms with Gasteiger partial charge in [-0.05, 0) is 25.7 Å². The topological polar surface area (TPSA) is 55.4 Å². The lowest BCUT2D eigenvalue weighted by Gasteiger charge is -2.07. The Kier molecular flexibility index (Phi) is 8.11. The third kappa shape index (κ3) is 9.60. The van der Waals surface area contributed by atoms with Gasteiger partial charge in [0.15, 0.2) is 0 Å². The normalized spacial score (nSPS) is 10.1. The van der Waals surface area contributed by atoms with Crippen LogP contribution in [0.15, 0.2) is 12.2 Å². The third-order valence-electron chi connectivity index (χ3n) is 2.07. The van der Waals surface area contributed by atoms with Crippen molar-refractivity contribution < 1.29 is 14.3 Å². The van der Waals surface area contributed by atoms with Gasteiger partial charge in [-0.15, -0.1) is 0 Å². The van der Waals surface area contributed by atoms with E-state index in [1.807, 2.05) is 13.8 Å². The molecule has 0 radical (unpaired) electrons. The SMILES string of the molecule is C=C(C)C(=O)OCCCCNC(=O)CC(C)C. The molecule has 4 heteroatoms. The van der Waals surface area contributed by atoms with Crippen molar-refractivity contribution in [2.45, 2.75) is 40.0 Å². The smallest absolute Gasteiger partial charge is 0.333 e. The van der Waals surface area contributed by atoms with Crippen LogP contribution in [-0.4, -0.2) is 25.0 Å². The second-order valence-electron chi connectivity index (χ2n) is 4.57. The van der Waals surface area contributed by atoms with Crippen LogP contribution in [0.4, 0.5) is 0 Å². The third-order valence-corrected chi connectivity index (χ3v) is 2.07. The van der Waals surface area contributed by atoms with E-state index >= 15 is 0 Å². The Bertz CT molecular complexity index is 272. The second kappa shape index (κ2) is 8.79. The highest BCUT2D eigenvalue weighted by Crippen LogP contribution is 1.99. The summed E-state index contributed by atoms with van der Waals surface area (Å²) in [7, 11) is 0. The molecule has 0 aliphatic carbocycles. The van der Waals surface area contributed by atoms with Gasteiger partial charge in [-0.3, -0.25) is 4.79 Å². The van der Waals surface area contributed by atoms with E-state index in [1.54, 1.807) is 6.92 Å². The van der Waals surface area contributed by atoms with Crippen molar-refractivity contribution in [2.24, 2.45) is 5.92 Å². The van der Waals surface area contributed by atoms with Crippen molar-refractivity contribution in [3.05, 3.63) is 12.2 Å². The average Bonchev–Trinajstić information content (AvgIpc) is 2.21. The van der Waals surface area contributed by atoms with Crippen molar-refractivity contribution in [2.75, 3.05) is 13.2 Å². The first-order valence-electron chi connectivity index (χ1n) is 6.02. The van der Waals surface area contributed by atoms with Crippen LogP contribution in [0.25, 0.3) is 0 Å². The monoisotopic (exact) mass is 241 g/mol. The van der Waals surface area contributed by atoms with Gasteiger partial charge in [-0.2, -0.15) is 0 Å². The maximum absolute atomic E-state index is 11.3. The molecule has 0 heterocycles. The van der Waals surface area contributed by atoms with Gasteiger partial charge in [0, 0.05) is 18.5 Å². The van der Waals surface area contributed by atoms with Gasteiger partial charge >= 0.3 is 5.97 Å². The predicted molar refractivity (Wildman–Crippen MR) is 67.5 cm³/mol. The van der Waals surface area contributed by atoms with Crippen LogP contribution in [0.2, 0.25) is 0 Å². The van der Waals surface area contributed by atoms with Gasteiger partial charge in [0.1, 0.15) is 0 Å². The van der Waals surface area contributed by atoms with E-state index in [2.05, 4.69) is 11.9 Å². The maximum atomic E-state index is 11.3. The molecule has 0 aromatic rings. The second-order valence-corrected chi connectivity index (χ2v) is 4.57. The molecule has 4 nitrogen and oxygen atoms in total. The van der Waals surface area contributed by atoms with E-state index in [4.69, 9.17) is 4.74 Å². The maximum Gasteiger partial charge on any atom is 0.333 e. The van der Waals surface area contributed by atoms with Crippen LogP contribution >= 0.6 is 0 Å². The number of esters is 1. The van der Waals surface area contributed by atoms with Crippen molar-refractivity contribution in [3.8, 4) is 0 Å². The fourth-order valence-corrected chi connectivity index (χ4v) is 1.19. The van der Waals surface area contributed by atoms with Crippen LogP contribution in [0, 0.1) is 5.92 Å². The predicted octanol–water partition coefficient (Wildman–Crippen LogP) is 2.05. The summed E-state index contributed by atoms with van der Waals surface area (Å²) in [6.07, 6.45) is 2.12. The van der Waals surface area contributed by atoms with Gasteiger partial charge in [-0.1, -0.05) is 20.4 Å². The Hall–Kier alpha value is -1.32. The molecule has 0 saturated carbocycles. The molecular weight excluding hydrogens is 218 g/mol. The van der Waals surface area contributed by atoms with E-state index in [1.165, 1.54) is 0 Å². The highest BCUT2D eigenvalue weighted by Gasteiger charge is 2.04. The summed E-state index contributed by atoms with van der Waals surface area (Å²) in [5.41, 5.74) is 0.412. The van der Waals surface area contributed by atoms with E-state index < -0.39 is 0 Å². The average molecular weight is 241 g/mol. The first kappa shape index (κ1) is 15.7. The number of unbranched alkanes of at least 4 members (excludes halogenated alkanes) is 1. The molecular formula is C13H23NO3. The number of hydrogen-bond donors (Lipinski definition) is 1. The Morgan fingerprint density at radius 2 is 1.94 bits per heavy atom. The number of carbonyl (C=O) groups is 2. The molecule has 98 valence electrons. The van der Waals surface area contributed by atoms with Crippen LogP contribution < -0.4 is 5.32 Å². The fourth-order valence-electron chi connectivity index (χ4n) is 1.19. The van der Waals surface area contributed by atoms with Crippen LogP contribution in [0.3, 0.4) is 0 Å². The van der Waals surface area contributed by atoms with Gasteiger partial charge < -0.3 is 10.1 Å². The van der Waals surface area contributed by atoms with Crippen molar-refractivity contribution in [1.82, 2.24) is 5.32 Å². The van der Waals surface area contributed by atoms with E-state index in [0.717, 1.165) is 12.8 Å². The summed E-state index contributed by atoms with van der Waals surface area (Å²) in [4.78, 5) is 22.3. The molecule has 0 spiro atoms. The lowest BCUT2D eigenvalue weighted by molar-refractivity contribution is -0.139. The highest BCUT2D eigenvalue weighted by atomic mass is 16.5. The quantitative estimate of drug-likeness (QED) is 0.402. The number of ether oxygens (including phenoxy) is 1. The zero-order valence-corrected chi connectivity index (χ0v) is 11.0. The van der Waals surface area contributed by atoms with Crippen LogP contribution in [0.1, 0.15) is 40.0 Å². The summed E-state index contributed by atoms with van der Waals surface area (Å²) in [5, 5.41) is 2.83. The molecule has 1 amide bonds. The van der Waals surface area contributed by atoms with Crippen molar-refractivity contribution in [3.63, 3.8) is 0 Å². The summed E-state index contributed by atoms with van der Waals surface area (Å²) in [6.45, 7) is 10.1. The van der Waals surface area contributed by atoms with E-state index in [-0.39, 0.29) is 11.9 Å². The van der Waals surface area contributed by atoms with Crippen LogP contribution in [0.5, 0.6) is 0 Å². The lowest BCUT2D eigenvalue weighted by Crippen LogP contribution is -2.25. The number of hydrogen-bond acceptors (Lipinski definition) is 3. The molecule has 0 fully saturated rings. The largest absolute Gasteiger partial charge is 0.462 e. The van der Waals surface area contributed by atoms with E-state index in [0.29, 0.717) is 31.1 Å². The fraction of sp³-hybridized carbons (Fsp3) is 0.692. The minimum atomic E-state index is -0.353. The molecule has 0 saturated heterocycles. The minimum absolute atomic E-state index is 0.0823. The zero-order chi connectivity index (χ0) is 13.3. The molecule has 0 atom stereocenters. The molecule has 0 bridgehead atoms. The molecule has 0 unspecified atom stereocenters. The van der Waals surface area contributed by atoms with Crippen molar-refractivity contribution in [1.29, 1.82) is 0 Å². The Balaban J connectivity index is 3.38. The zero-order valence-electron chi connectivity index (χ0n) is 11.0. The molecule has 0 aromatic carbocycles. The molecule has 0 aliphatic heterocycles. The van der Waals surface area contributed by atoms with Crippen LogP contribution in [-0.2, 0) is 14.3 Å². The van der Waals surface area contributed by atoms with Gasteiger partial charge in [0.2, 0.25) is 5.91 Å². The molecule has 17 heavy (non-hydrogen) atoms. The van der Waals surface area contributed by atoms with Gasteiger partial charge in [-0.25, -0.2) is 4.79 Å². The summed E-state index contributed by atoms with van der Waals surface area (Å²) in [5.74, 6) is 0.110. The number of carbonyl (C=O) groups excluding carboxylic acids is 2. The lowest BCUT2D eigenvalue weighted by atomic mass is 10.1. The minimum Gasteiger partial charge on any atom is -0.462 e. The highest BCUT2D eigenvalue weighted by molar-refractivity contribution is 5.86. The Morgan fingerprint density at radius 3 is 2.47 bits per heavy atom. The number of nitrogens with one attached hydrogen (secondary N) is 1. The molecule has 0 aromatic heterocycles. The molecule has 0 aliphatic rings. The molecule has 0 rings (SSSR count). The Labute approximate surface area is 103 Å². The first-order valence-corrected chi connectivity index (χ1v) is 6.02. The number of rotatable bonds is 8. The van der Waals surface area contributed by atoms with Gasteiger partial charge in [0.25, 0.3) is 0 Å². The van der Waals surface area contributed by atoms with E-state index in [9.17, 15) is 9.59 Å². The summed E-state index contributed by atoms with van der Waals surface area (Å²) < 4.78 is 4.92.